The van der Waals surface area contributed by atoms with E-state index in [1.165, 1.54) is 0 Å². The lowest BCUT2D eigenvalue weighted by Crippen LogP contribution is -2.14. The van der Waals surface area contributed by atoms with E-state index in [9.17, 15) is 0 Å². The fourth-order valence-corrected chi connectivity index (χ4v) is 3.84. The summed E-state index contributed by atoms with van der Waals surface area (Å²) in [5.74, 6) is 2.25. The van der Waals surface area contributed by atoms with Gasteiger partial charge in [-0.3, -0.25) is 0 Å². The van der Waals surface area contributed by atoms with Gasteiger partial charge in [-0.25, -0.2) is 0 Å². The molecule has 0 fully saturated rings. The second kappa shape index (κ2) is 6.41. The van der Waals surface area contributed by atoms with E-state index >= 15 is 0 Å². The van der Waals surface area contributed by atoms with Gasteiger partial charge in [-0.1, -0.05) is 58.0 Å². The fourth-order valence-electron chi connectivity index (χ4n) is 2.50. The first kappa shape index (κ1) is 15.4. The Morgan fingerprint density at radius 1 is 1.12 bits per heavy atom. The lowest BCUT2D eigenvalue weighted by atomic mass is 10.1. The Bertz CT molecular complexity index is 938. The first-order valence-corrected chi connectivity index (χ1v) is 9.09. The molecular formula is C17H13BrN4OS. The van der Waals surface area contributed by atoms with Crippen LogP contribution in [0.15, 0.2) is 63.3 Å². The molecule has 3 aromatic rings. The van der Waals surface area contributed by atoms with Crippen LogP contribution < -0.4 is 4.74 Å². The van der Waals surface area contributed by atoms with E-state index in [2.05, 4.69) is 32.2 Å². The van der Waals surface area contributed by atoms with Crippen LogP contribution in [0.5, 0.6) is 5.75 Å². The molecule has 0 unspecified atom stereocenters. The molecule has 0 aliphatic carbocycles. The Morgan fingerprint density at radius 3 is 2.83 bits per heavy atom. The number of aromatic nitrogens is 3. The highest BCUT2D eigenvalue weighted by molar-refractivity contribution is 9.10. The zero-order valence-corrected chi connectivity index (χ0v) is 15.2. The summed E-state index contributed by atoms with van der Waals surface area (Å²) < 4.78 is 8.13. The van der Waals surface area contributed by atoms with Gasteiger partial charge in [0.25, 0.3) is 0 Å². The quantitative estimate of drug-likeness (QED) is 0.664. The molecule has 0 atom stereocenters. The molecule has 1 aliphatic rings. The number of thioether (sulfide) groups is 1. The molecule has 0 amide bonds. The molecule has 7 heteroatoms. The van der Waals surface area contributed by atoms with E-state index in [0.29, 0.717) is 5.82 Å². The van der Waals surface area contributed by atoms with E-state index in [1.54, 1.807) is 23.5 Å². The molecule has 0 saturated heterocycles. The van der Waals surface area contributed by atoms with Gasteiger partial charge in [0.2, 0.25) is 5.16 Å². The highest BCUT2D eigenvalue weighted by Crippen LogP contribution is 2.31. The third-order valence-corrected chi connectivity index (χ3v) is 5.31. The van der Waals surface area contributed by atoms with Crippen LogP contribution in [-0.2, 0) is 0 Å². The maximum absolute atomic E-state index is 5.30. The molecule has 2 aromatic carbocycles. The van der Waals surface area contributed by atoms with Gasteiger partial charge in [-0.15, -0.1) is 10.2 Å². The molecule has 0 bridgehead atoms. The number of nitrogens with zero attached hydrogens (tertiary/aromatic N) is 4. The van der Waals surface area contributed by atoms with Crippen LogP contribution in [-0.4, -0.2) is 33.4 Å². The third kappa shape index (κ3) is 2.74. The lowest BCUT2D eigenvalue weighted by molar-refractivity contribution is 0.415. The Kier molecular flexibility index (Phi) is 4.12. The van der Waals surface area contributed by atoms with Crippen molar-refractivity contribution in [3.8, 4) is 17.1 Å². The topological polar surface area (TPSA) is 52.3 Å². The standard InChI is InChI=1S/C17H13BrN4OS/c1-23-12-6-4-5-11(9-12)16-19-20-17-22(16)21-15(10-24-17)13-7-2-3-8-14(13)18/h2-9H,10H2,1H3. The highest BCUT2D eigenvalue weighted by atomic mass is 79.9. The molecule has 1 aliphatic heterocycles. The molecular weight excluding hydrogens is 388 g/mol. The summed E-state index contributed by atoms with van der Waals surface area (Å²) in [6.45, 7) is 0. The van der Waals surface area contributed by atoms with Crippen molar-refractivity contribution in [2.45, 2.75) is 5.16 Å². The number of methoxy groups -OCH3 is 1. The van der Waals surface area contributed by atoms with Gasteiger partial charge in [0, 0.05) is 21.4 Å². The lowest BCUT2D eigenvalue weighted by Gasteiger charge is -2.15. The summed E-state index contributed by atoms with van der Waals surface area (Å²) in [7, 11) is 1.65. The van der Waals surface area contributed by atoms with Gasteiger partial charge in [-0.2, -0.15) is 9.78 Å². The zero-order valence-electron chi connectivity index (χ0n) is 12.8. The molecule has 24 heavy (non-hydrogen) atoms. The molecule has 0 spiro atoms. The fraction of sp³-hybridized carbons (Fsp3) is 0.118. The molecule has 0 saturated carbocycles. The molecule has 0 radical (unpaired) electrons. The summed E-state index contributed by atoms with van der Waals surface area (Å²) >= 11 is 5.23. The Morgan fingerprint density at radius 2 is 2.00 bits per heavy atom. The van der Waals surface area contributed by atoms with Crippen molar-refractivity contribution >= 4 is 33.4 Å². The maximum atomic E-state index is 5.30. The van der Waals surface area contributed by atoms with Crippen LogP contribution in [0.25, 0.3) is 11.4 Å². The molecule has 2 heterocycles. The first-order chi connectivity index (χ1) is 11.8. The number of fused-ring (bicyclic) bond motifs is 1. The average molecular weight is 401 g/mol. The number of hydrogen-bond donors (Lipinski definition) is 0. The monoisotopic (exact) mass is 400 g/mol. The van der Waals surface area contributed by atoms with Crippen molar-refractivity contribution in [2.75, 3.05) is 12.9 Å². The maximum Gasteiger partial charge on any atom is 0.212 e. The van der Waals surface area contributed by atoms with Crippen LogP contribution >= 0.6 is 27.7 Å². The van der Waals surface area contributed by atoms with Crippen LogP contribution in [0.4, 0.5) is 0 Å². The molecule has 4 rings (SSSR count). The van der Waals surface area contributed by atoms with E-state index in [4.69, 9.17) is 9.84 Å². The van der Waals surface area contributed by atoms with Gasteiger partial charge in [0.15, 0.2) is 5.82 Å². The van der Waals surface area contributed by atoms with Crippen LogP contribution in [0.3, 0.4) is 0 Å². The molecule has 0 N–H and O–H groups in total. The molecule has 120 valence electrons. The van der Waals surface area contributed by atoms with E-state index in [1.807, 2.05) is 42.5 Å². The van der Waals surface area contributed by atoms with Crippen molar-refractivity contribution in [1.82, 2.24) is 14.9 Å². The summed E-state index contributed by atoms with van der Waals surface area (Å²) in [6, 6.07) is 15.8. The smallest absolute Gasteiger partial charge is 0.212 e. The molecule has 5 nitrogen and oxygen atoms in total. The minimum atomic E-state index is 0.709. The minimum Gasteiger partial charge on any atom is -0.497 e. The van der Waals surface area contributed by atoms with Crippen molar-refractivity contribution in [3.05, 3.63) is 58.6 Å². The van der Waals surface area contributed by atoms with E-state index in [0.717, 1.165) is 38.0 Å². The van der Waals surface area contributed by atoms with Gasteiger partial charge in [-0.05, 0) is 18.2 Å². The van der Waals surface area contributed by atoms with Crippen LogP contribution in [0, 0.1) is 0 Å². The van der Waals surface area contributed by atoms with Crippen molar-refractivity contribution in [2.24, 2.45) is 5.10 Å². The number of halogens is 1. The number of rotatable bonds is 3. The van der Waals surface area contributed by atoms with Crippen LogP contribution in [0.2, 0.25) is 0 Å². The minimum absolute atomic E-state index is 0.709. The van der Waals surface area contributed by atoms with Crippen molar-refractivity contribution < 1.29 is 4.74 Å². The normalized spacial score (nSPS) is 13.3. The van der Waals surface area contributed by atoms with E-state index < -0.39 is 0 Å². The molecule has 1 aromatic heterocycles. The number of ether oxygens (including phenoxy) is 1. The van der Waals surface area contributed by atoms with Gasteiger partial charge in [0.1, 0.15) is 5.75 Å². The van der Waals surface area contributed by atoms with Gasteiger partial charge in [0.05, 0.1) is 12.8 Å². The third-order valence-electron chi connectivity index (χ3n) is 3.68. The predicted molar refractivity (Wildman–Crippen MR) is 98.8 cm³/mol. The number of hydrogen-bond acceptors (Lipinski definition) is 5. The van der Waals surface area contributed by atoms with Crippen LogP contribution in [0.1, 0.15) is 5.56 Å². The summed E-state index contributed by atoms with van der Waals surface area (Å²) in [6.07, 6.45) is 0. The average Bonchev–Trinajstić information content (AvgIpc) is 3.05. The predicted octanol–water partition coefficient (Wildman–Crippen LogP) is 4.07. The summed E-state index contributed by atoms with van der Waals surface area (Å²) in [4.78, 5) is 0. The largest absolute Gasteiger partial charge is 0.497 e. The Hall–Kier alpha value is -2.12. The second-order valence-electron chi connectivity index (χ2n) is 5.17. The zero-order chi connectivity index (χ0) is 16.5. The SMILES string of the molecule is COc1cccc(-c2nnc3n2N=C(c2ccccc2Br)CS3)c1. The van der Waals surface area contributed by atoms with Crippen molar-refractivity contribution in [1.29, 1.82) is 0 Å². The van der Waals surface area contributed by atoms with Crippen molar-refractivity contribution in [3.63, 3.8) is 0 Å². The van der Waals surface area contributed by atoms with Gasteiger partial charge >= 0.3 is 0 Å². The van der Waals surface area contributed by atoms with Gasteiger partial charge < -0.3 is 4.74 Å². The van der Waals surface area contributed by atoms with E-state index in [-0.39, 0.29) is 0 Å². The highest BCUT2D eigenvalue weighted by Gasteiger charge is 2.21. The summed E-state index contributed by atoms with van der Waals surface area (Å²) in [5.41, 5.74) is 3.00. The second-order valence-corrected chi connectivity index (χ2v) is 6.96. The first-order valence-electron chi connectivity index (χ1n) is 7.31. The number of benzene rings is 2. The Labute approximate surface area is 151 Å². The summed E-state index contributed by atoms with van der Waals surface area (Å²) in [5, 5.41) is 14.1. The Balaban J connectivity index is 1.81.